The molecule has 1 saturated carbocycles. The molecule has 17 heavy (non-hydrogen) atoms. The minimum absolute atomic E-state index is 0.270. The summed E-state index contributed by atoms with van der Waals surface area (Å²) in [5.41, 5.74) is 0.543. The van der Waals surface area contributed by atoms with E-state index in [0.717, 1.165) is 13.0 Å². The topological polar surface area (TPSA) is 70.8 Å². The number of nitrogens with zero attached hydrogens (tertiary/aromatic N) is 3. The van der Waals surface area contributed by atoms with Crippen LogP contribution < -0.4 is 5.32 Å². The Hall–Kier alpha value is -1.67. The molecule has 3 rings (SSSR count). The van der Waals surface area contributed by atoms with Gasteiger partial charge in [-0.3, -0.25) is 0 Å². The second-order valence-corrected chi connectivity index (χ2v) is 4.62. The molecule has 88 valence electrons. The normalized spacial score (nSPS) is 27.7. The van der Waals surface area contributed by atoms with Crippen molar-refractivity contribution in [1.82, 2.24) is 10.2 Å². The van der Waals surface area contributed by atoms with Crippen LogP contribution in [0.25, 0.3) is 0 Å². The van der Waals surface area contributed by atoms with Gasteiger partial charge in [-0.2, -0.15) is 10.4 Å². The van der Waals surface area contributed by atoms with Gasteiger partial charge in [0, 0.05) is 6.61 Å². The van der Waals surface area contributed by atoms with Crippen molar-refractivity contribution in [3.05, 3.63) is 17.8 Å². The van der Waals surface area contributed by atoms with E-state index in [1.165, 1.54) is 19.0 Å². The molecule has 2 unspecified atom stereocenters. The standard InChI is InChI=1S/C12H14N4O/c13-7-9-3-5-14-16-12(9)15-10-4-6-17-11(10)8-1-2-8/h3,5,8,10-11H,1-2,4,6H2,(H,15,16). The highest BCUT2D eigenvalue weighted by molar-refractivity contribution is 5.51. The Morgan fingerprint density at radius 1 is 1.41 bits per heavy atom. The maximum absolute atomic E-state index is 8.99. The van der Waals surface area contributed by atoms with E-state index in [1.54, 1.807) is 6.07 Å². The molecule has 0 spiro atoms. The first-order valence-electron chi connectivity index (χ1n) is 5.98. The van der Waals surface area contributed by atoms with Crippen LogP contribution in [0.5, 0.6) is 0 Å². The summed E-state index contributed by atoms with van der Waals surface area (Å²) in [5.74, 6) is 1.27. The maximum atomic E-state index is 8.99. The summed E-state index contributed by atoms with van der Waals surface area (Å²) in [6.45, 7) is 0.793. The summed E-state index contributed by atoms with van der Waals surface area (Å²) in [6.07, 6.45) is 5.31. The van der Waals surface area contributed by atoms with Crippen molar-refractivity contribution in [3.63, 3.8) is 0 Å². The van der Waals surface area contributed by atoms with E-state index in [2.05, 4.69) is 21.6 Å². The summed E-state index contributed by atoms with van der Waals surface area (Å²) in [5, 5.41) is 20.1. The lowest BCUT2D eigenvalue weighted by molar-refractivity contribution is 0.0898. The average molecular weight is 230 g/mol. The molecular weight excluding hydrogens is 216 g/mol. The van der Waals surface area contributed by atoms with Crippen molar-refractivity contribution in [1.29, 1.82) is 5.26 Å². The Morgan fingerprint density at radius 2 is 2.29 bits per heavy atom. The zero-order chi connectivity index (χ0) is 11.7. The molecule has 0 aromatic carbocycles. The van der Waals surface area contributed by atoms with Gasteiger partial charge < -0.3 is 10.1 Å². The van der Waals surface area contributed by atoms with Gasteiger partial charge in [0.25, 0.3) is 0 Å². The summed E-state index contributed by atoms with van der Waals surface area (Å²) in [7, 11) is 0. The number of aromatic nitrogens is 2. The first kappa shape index (κ1) is 10.5. The van der Waals surface area contributed by atoms with E-state index < -0.39 is 0 Å². The van der Waals surface area contributed by atoms with E-state index in [0.29, 0.717) is 17.3 Å². The minimum Gasteiger partial charge on any atom is -0.376 e. The summed E-state index contributed by atoms with van der Waals surface area (Å²) in [6, 6.07) is 4.07. The highest BCUT2D eigenvalue weighted by atomic mass is 16.5. The molecule has 2 heterocycles. The van der Waals surface area contributed by atoms with Gasteiger partial charge in [-0.05, 0) is 31.2 Å². The number of nitriles is 1. The quantitative estimate of drug-likeness (QED) is 0.848. The van der Waals surface area contributed by atoms with E-state index in [9.17, 15) is 0 Å². The second-order valence-electron chi connectivity index (χ2n) is 4.62. The van der Waals surface area contributed by atoms with Gasteiger partial charge in [0.2, 0.25) is 0 Å². The Bertz CT molecular complexity index is 452. The first-order chi connectivity index (χ1) is 8.38. The van der Waals surface area contributed by atoms with Gasteiger partial charge in [0.05, 0.1) is 23.9 Å². The molecule has 1 saturated heterocycles. The van der Waals surface area contributed by atoms with E-state index in [-0.39, 0.29) is 12.1 Å². The Morgan fingerprint density at radius 3 is 3.06 bits per heavy atom. The molecule has 0 radical (unpaired) electrons. The molecule has 1 aromatic rings. The van der Waals surface area contributed by atoms with Gasteiger partial charge in [0.15, 0.2) is 5.82 Å². The fraction of sp³-hybridized carbons (Fsp3) is 0.583. The molecule has 1 N–H and O–H groups in total. The summed E-state index contributed by atoms with van der Waals surface area (Å²) < 4.78 is 5.74. The number of nitrogens with one attached hydrogen (secondary N) is 1. The SMILES string of the molecule is N#Cc1ccnnc1NC1CCOC1C1CC1. The molecule has 2 atom stereocenters. The monoisotopic (exact) mass is 230 g/mol. The van der Waals surface area contributed by atoms with Gasteiger partial charge in [-0.15, -0.1) is 5.10 Å². The lowest BCUT2D eigenvalue weighted by atomic mass is 10.1. The molecular formula is C12H14N4O. The predicted molar refractivity (Wildman–Crippen MR) is 61.2 cm³/mol. The van der Waals surface area contributed by atoms with Crippen molar-refractivity contribution in [2.24, 2.45) is 5.92 Å². The summed E-state index contributed by atoms with van der Waals surface area (Å²) in [4.78, 5) is 0. The number of anilines is 1. The highest BCUT2D eigenvalue weighted by Crippen LogP contribution is 2.39. The number of rotatable bonds is 3. The third-order valence-electron chi connectivity index (χ3n) is 3.39. The van der Waals surface area contributed by atoms with Crippen molar-refractivity contribution in [3.8, 4) is 6.07 Å². The lowest BCUT2D eigenvalue weighted by Crippen LogP contribution is -2.31. The Labute approximate surface area is 99.8 Å². The van der Waals surface area contributed by atoms with Gasteiger partial charge in [0.1, 0.15) is 6.07 Å². The maximum Gasteiger partial charge on any atom is 0.166 e. The molecule has 1 aliphatic heterocycles. The van der Waals surface area contributed by atoms with Crippen LogP contribution in [0.15, 0.2) is 12.3 Å². The van der Waals surface area contributed by atoms with Crippen LogP contribution in [0.1, 0.15) is 24.8 Å². The molecule has 0 bridgehead atoms. The van der Waals surface area contributed by atoms with Crippen LogP contribution in [-0.2, 0) is 4.74 Å². The van der Waals surface area contributed by atoms with Crippen LogP contribution in [-0.4, -0.2) is 29.0 Å². The number of hydrogen-bond acceptors (Lipinski definition) is 5. The number of ether oxygens (including phenoxy) is 1. The van der Waals surface area contributed by atoms with Crippen LogP contribution in [0.2, 0.25) is 0 Å². The minimum atomic E-state index is 0.270. The molecule has 5 heteroatoms. The fourth-order valence-corrected chi connectivity index (χ4v) is 2.36. The van der Waals surface area contributed by atoms with Crippen LogP contribution in [0.4, 0.5) is 5.82 Å². The van der Waals surface area contributed by atoms with Gasteiger partial charge >= 0.3 is 0 Å². The zero-order valence-electron chi connectivity index (χ0n) is 9.47. The Balaban J connectivity index is 1.75. The molecule has 1 aromatic heterocycles. The fourth-order valence-electron chi connectivity index (χ4n) is 2.36. The zero-order valence-corrected chi connectivity index (χ0v) is 9.47. The van der Waals surface area contributed by atoms with Crippen LogP contribution >= 0.6 is 0 Å². The molecule has 2 aliphatic rings. The van der Waals surface area contributed by atoms with Crippen LogP contribution in [0.3, 0.4) is 0 Å². The molecule has 2 fully saturated rings. The highest BCUT2D eigenvalue weighted by Gasteiger charge is 2.40. The van der Waals surface area contributed by atoms with E-state index in [4.69, 9.17) is 10.00 Å². The van der Waals surface area contributed by atoms with Crippen LogP contribution in [0, 0.1) is 17.2 Å². The first-order valence-corrected chi connectivity index (χ1v) is 5.98. The predicted octanol–water partition coefficient (Wildman–Crippen LogP) is 1.33. The van der Waals surface area contributed by atoms with Gasteiger partial charge in [-0.1, -0.05) is 0 Å². The smallest absolute Gasteiger partial charge is 0.166 e. The lowest BCUT2D eigenvalue weighted by Gasteiger charge is -2.19. The van der Waals surface area contributed by atoms with Crippen molar-refractivity contribution in [2.45, 2.75) is 31.4 Å². The van der Waals surface area contributed by atoms with Gasteiger partial charge in [-0.25, -0.2) is 0 Å². The molecule has 0 amide bonds. The number of hydrogen-bond donors (Lipinski definition) is 1. The average Bonchev–Trinajstić information content (AvgIpc) is 3.11. The Kier molecular flexibility index (Phi) is 2.65. The second kappa shape index (κ2) is 4.30. The molecule has 5 nitrogen and oxygen atoms in total. The van der Waals surface area contributed by atoms with Crippen molar-refractivity contribution >= 4 is 5.82 Å². The largest absolute Gasteiger partial charge is 0.376 e. The van der Waals surface area contributed by atoms with E-state index >= 15 is 0 Å². The summed E-state index contributed by atoms with van der Waals surface area (Å²) >= 11 is 0. The molecule has 1 aliphatic carbocycles. The third kappa shape index (κ3) is 2.08. The van der Waals surface area contributed by atoms with Crippen molar-refractivity contribution in [2.75, 3.05) is 11.9 Å². The van der Waals surface area contributed by atoms with E-state index in [1.807, 2.05) is 0 Å². The van der Waals surface area contributed by atoms with Crippen molar-refractivity contribution < 1.29 is 4.74 Å². The third-order valence-corrected chi connectivity index (χ3v) is 3.39.